The van der Waals surface area contributed by atoms with Crippen LogP contribution in [-0.2, 0) is 22.0 Å². The molecule has 0 saturated heterocycles. The van der Waals surface area contributed by atoms with Crippen LogP contribution in [0.25, 0.3) is 11.8 Å². The number of aryl methyl sites for hydroxylation is 2. The Kier molecular flexibility index (Phi) is 6.55. The molecule has 39 heavy (non-hydrogen) atoms. The average Bonchev–Trinajstić information content (AvgIpc) is 3.43. The summed E-state index contributed by atoms with van der Waals surface area (Å²) in [7, 11) is -3.20. The Morgan fingerprint density at radius 3 is 2.59 bits per heavy atom. The number of anilines is 1. The van der Waals surface area contributed by atoms with Gasteiger partial charge in [0, 0.05) is 30.4 Å². The van der Waals surface area contributed by atoms with Crippen molar-refractivity contribution in [1.29, 1.82) is 0 Å². The van der Waals surface area contributed by atoms with Crippen molar-refractivity contribution in [3.05, 3.63) is 99.4 Å². The van der Waals surface area contributed by atoms with E-state index in [4.69, 9.17) is 10.5 Å². The number of nitrogens with two attached hydrogens (primary N) is 1. The number of carbonyl (C=O) groups is 1. The Morgan fingerprint density at radius 2 is 1.87 bits per heavy atom. The van der Waals surface area contributed by atoms with Crippen LogP contribution in [0.1, 0.15) is 38.2 Å². The zero-order valence-corrected chi connectivity index (χ0v) is 22.1. The first-order valence-electron chi connectivity index (χ1n) is 11.9. The lowest BCUT2D eigenvalue weighted by atomic mass is 10.0. The topological polar surface area (TPSA) is 117 Å². The molecule has 0 unspecified atom stereocenters. The number of benzene rings is 2. The Hall–Kier alpha value is -4.38. The third kappa shape index (κ3) is 5.30. The second-order valence-electron chi connectivity index (χ2n) is 9.56. The van der Waals surface area contributed by atoms with Gasteiger partial charge in [0.05, 0.1) is 29.4 Å². The molecular formula is C28H24F2N4O4S. The fourth-order valence-electron chi connectivity index (χ4n) is 4.51. The highest BCUT2D eigenvalue weighted by molar-refractivity contribution is 7.89. The van der Waals surface area contributed by atoms with Gasteiger partial charge in [-0.3, -0.25) is 4.79 Å². The van der Waals surface area contributed by atoms with Crippen molar-refractivity contribution in [2.45, 2.75) is 26.0 Å². The Morgan fingerprint density at radius 1 is 1.10 bits per heavy atom. The van der Waals surface area contributed by atoms with Crippen LogP contribution in [0.5, 0.6) is 11.6 Å². The number of sulfone groups is 1. The van der Waals surface area contributed by atoms with E-state index in [1.54, 1.807) is 13.0 Å². The molecule has 4 aromatic rings. The van der Waals surface area contributed by atoms with E-state index in [1.807, 2.05) is 19.1 Å². The number of nitrogens with zero attached hydrogens (tertiary/aromatic N) is 3. The molecule has 2 aromatic carbocycles. The Bertz CT molecular complexity index is 1800. The maximum Gasteiger partial charge on any atom is 0.219 e. The number of ether oxygens (including phenoxy) is 1. The number of pyridine rings is 1. The average molecular weight is 551 g/mol. The van der Waals surface area contributed by atoms with Gasteiger partial charge in [-0.2, -0.15) is 5.10 Å². The molecule has 0 saturated carbocycles. The standard InChI is InChI=1S/C28H24F2N4O4S/c1-15-6-17-8-19(9-18(17)10-20(15)14-39(3,36)37)27(35)22-12-33-34(28(22)31)24-13-32-26(7-16(24)2)38-25-11-21(29)4-5-23(25)30/h4-8,10-13H,9,14,31H2,1-3H3. The van der Waals surface area contributed by atoms with Crippen molar-refractivity contribution >= 4 is 27.5 Å². The van der Waals surface area contributed by atoms with Crippen LogP contribution in [0.3, 0.4) is 0 Å². The number of fused-ring (bicyclic) bond motifs is 1. The number of halogens is 2. The number of hydrogen-bond donors (Lipinski definition) is 1. The van der Waals surface area contributed by atoms with Gasteiger partial charge in [-0.15, -0.1) is 0 Å². The summed E-state index contributed by atoms with van der Waals surface area (Å²) in [5, 5.41) is 4.28. The molecule has 0 fully saturated rings. The van der Waals surface area contributed by atoms with Crippen LogP contribution >= 0.6 is 0 Å². The van der Waals surface area contributed by atoms with Gasteiger partial charge < -0.3 is 10.5 Å². The Labute approximate surface area is 223 Å². The number of aromatic nitrogens is 3. The smallest absolute Gasteiger partial charge is 0.219 e. The van der Waals surface area contributed by atoms with Gasteiger partial charge >= 0.3 is 0 Å². The lowest BCUT2D eigenvalue weighted by Crippen LogP contribution is -2.09. The monoisotopic (exact) mass is 550 g/mol. The van der Waals surface area contributed by atoms with Gasteiger partial charge in [0.1, 0.15) is 11.6 Å². The summed E-state index contributed by atoms with van der Waals surface area (Å²) in [6.07, 6.45) is 6.12. The third-order valence-electron chi connectivity index (χ3n) is 6.46. The zero-order valence-electron chi connectivity index (χ0n) is 21.3. The number of Topliss-reactive ketones (excluding diaryl/α,β-unsaturated/α-hetero) is 1. The van der Waals surface area contributed by atoms with Crippen molar-refractivity contribution < 1.29 is 26.7 Å². The van der Waals surface area contributed by atoms with Gasteiger partial charge in [0.25, 0.3) is 0 Å². The predicted octanol–water partition coefficient (Wildman–Crippen LogP) is 4.90. The number of carbonyl (C=O) groups excluding carboxylic acids is 1. The molecular weight excluding hydrogens is 526 g/mol. The largest absolute Gasteiger partial charge is 0.436 e. The maximum absolute atomic E-state index is 13.9. The lowest BCUT2D eigenvalue weighted by molar-refractivity contribution is 0.103. The predicted molar refractivity (Wildman–Crippen MR) is 143 cm³/mol. The molecule has 0 spiro atoms. The van der Waals surface area contributed by atoms with E-state index >= 15 is 0 Å². The molecule has 200 valence electrons. The van der Waals surface area contributed by atoms with Crippen LogP contribution in [0.2, 0.25) is 0 Å². The molecule has 0 bridgehead atoms. The van der Waals surface area contributed by atoms with Crippen molar-refractivity contribution in [3.8, 4) is 17.3 Å². The van der Waals surface area contributed by atoms with Crippen molar-refractivity contribution in [3.63, 3.8) is 0 Å². The van der Waals surface area contributed by atoms with Gasteiger partial charge in [0.15, 0.2) is 27.2 Å². The molecule has 0 radical (unpaired) electrons. The minimum atomic E-state index is -3.20. The van der Waals surface area contributed by atoms with E-state index in [1.165, 1.54) is 29.4 Å². The number of ketones is 1. The summed E-state index contributed by atoms with van der Waals surface area (Å²) < 4.78 is 57.7. The van der Waals surface area contributed by atoms with Gasteiger partial charge in [-0.05, 0) is 59.9 Å². The molecule has 2 heterocycles. The molecule has 0 atom stereocenters. The van der Waals surface area contributed by atoms with Crippen LogP contribution in [0, 0.1) is 25.5 Å². The highest BCUT2D eigenvalue weighted by atomic mass is 32.2. The van der Waals surface area contributed by atoms with E-state index < -0.39 is 21.5 Å². The van der Waals surface area contributed by atoms with Crippen molar-refractivity contribution in [2.24, 2.45) is 0 Å². The van der Waals surface area contributed by atoms with E-state index in [0.29, 0.717) is 28.8 Å². The summed E-state index contributed by atoms with van der Waals surface area (Å²) in [6, 6.07) is 8.12. The van der Waals surface area contributed by atoms with Crippen LogP contribution in [0.4, 0.5) is 14.6 Å². The van der Waals surface area contributed by atoms with E-state index in [2.05, 4.69) is 10.1 Å². The van der Waals surface area contributed by atoms with Gasteiger partial charge in [0.2, 0.25) is 5.88 Å². The second-order valence-corrected chi connectivity index (χ2v) is 11.7. The molecule has 2 N–H and O–H groups in total. The van der Waals surface area contributed by atoms with Gasteiger partial charge in [-0.25, -0.2) is 26.9 Å². The van der Waals surface area contributed by atoms with E-state index in [0.717, 1.165) is 34.9 Å². The first-order chi connectivity index (χ1) is 18.4. The van der Waals surface area contributed by atoms with Crippen LogP contribution < -0.4 is 10.5 Å². The minimum absolute atomic E-state index is 0.0437. The summed E-state index contributed by atoms with van der Waals surface area (Å²) in [5.74, 6) is -1.88. The molecule has 0 aliphatic heterocycles. The first-order valence-corrected chi connectivity index (χ1v) is 13.9. The normalized spacial score (nSPS) is 12.8. The third-order valence-corrected chi connectivity index (χ3v) is 7.30. The number of rotatable bonds is 7. The first kappa shape index (κ1) is 26.2. The van der Waals surface area contributed by atoms with E-state index in [9.17, 15) is 22.0 Å². The van der Waals surface area contributed by atoms with E-state index in [-0.39, 0.29) is 34.5 Å². The van der Waals surface area contributed by atoms with Crippen LogP contribution in [-0.4, -0.2) is 35.2 Å². The number of nitrogen functional groups attached to an aromatic ring is 1. The number of hydrogen-bond acceptors (Lipinski definition) is 7. The Balaban J connectivity index is 1.38. The summed E-state index contributed by atoms with van der Waals surface area (Å²) in [4.78, 5) is 17.5. The molecule has 0 amide bonds. The fourth-order valence-corrected chi connectivity index (χ4v) is 5.38. The molecule has 5 rings (SSSR count). The van der Waals surface area contributed by atoms with Crippen molar-refractivity contribution in [1.82, 2.24) is 14.8 Å². The molecule has 1 aliphatic rings. The molecule has 8 nitrogen and oxygen atoms in total. The van der Waals surface area contributed by atoms with Crippen LogP contribution in [0.15, 0.2) is 54.4 Å². The summed E-state index contributed by atoms with van der Waals surface area (Å²) in [6.45, 7) is 3.58. The van der Waals surface area contributed by atoms with Crippen molar-refractivity contribution in [2.75, 3.05) is 12.0 Å². The van der Waals surface area contributed by atoms with Gasteiger partial charge in [-0.1, -0.05) is 12.1 Å². The summed E-state index contributed by atoms with van der Waals surface area (Å²) in [5.41, 5.74) is 11.4. The highest BCUT2D eigenvalue weighted by Crippen LogP contribution is 2.32. The zero-order chi connectivity index (χ0) is 28.1. The lowest BCUT2D eigenvalue weighted by Gasteiger charge is -2.11. The quantitative estimate of drug-likeness (QED) is 0.325. The molecule has 1 aliphatic carbocycles. The summed E-state index contributed by atoms with van der Waals surface area (Å²) >= 11 is 0. The number of allylic oxidation sites excluding steroid dienone is 1. The second kappa shape index (κ2) is 9.73. The fraction of sp³-hybridized carbons (Fsp3) is 0.179. The SMILES string of the molecule is Cc1cc2c(cc1CS(C)(=O)=O)CC(C(=O)c1cnn(-c3cnc(Oc4cc(F)ccc4F)cc3C)c1N)=C2. The maximum atomic E-state index is 13.9. The minimum Gasteiger partial charge on any atom is -0.436 e. The highest BCUT2D eigenvalue weighted by Gasteiger charge is 2.25. The molecule has 2 aromatic heterocycles. The molecule has 11 heteroatoms.